The van der Waals surface area contributed by atoms with Crippen molar-refractivity contribution in [1.82, 2.24) is 5.32 Å². The Morgan fingerprint density at radius 3 is 2.75 bits per heavy atom. The Balaban J connectivity index is 1.81. The van der Waals surface area contributed by atoms with E-state index in [-0.39, 0.29) is 0 Å². The van der Waals surface area contributed by atoms with Crippen LogP contribution in [-0.2, 0) is 11.2 Å². The standard InChI is InChI=1S/C18H21NO/c1-19-18(17-7-4-10-20-13-17)12-14-8-9-15-5-2-3-6-16(15)11-14/h2-3,5-6,8-9,11,13,18-19H,4,7,10,12H2,1H3. The minimum atomic E-state index is 0.372. The minimum Gasteiger partial charge on any atom is -0.501 e. The highest BCUT2D eigenvalue weighted by molar-refractivity contribution is 5.83. The fourth-order valence-corrected chi connectivity index (χ4v) is 2.86. The zero-order valence-electron chi connectivity index (χ0n) is 11.9. The van der Waals surface area contributed by atoms with Crippen LogP contribution in [0.2, 0.25) is 0 Å². The maximum atomic E-state index is 5.47. The lowest BCUT2D eigenvalue weighted by Gasteiger charge is -2.23. The van der Waals surface area contributed by atoms with Crippen LogP contribution in [0.3, 0.4) is 0 Å². The lowest BCUT2D eigenvalue weighted by atomic mass is 9.94. The first kappa shape index (κ1) is 13.2. The first-order valence-corrected chi connectivity index (χ1v) is 7.32. The van der Waals surface area contributed by atoms with E-state index in [2.05, 4.69) is 47.8 Å². The highest BCUT2D eigenvalue weighted by Gasteiger charge is 2.16. The Morgan fingerprint density at radius 2 is 2.00 bits per heavy atom. The summed E-state index contributed by atoms with van der Waals surface area (Å²) in [6.45, 7) is 0.857. The minimum absolute atomic E-state index is 0.372. The Labute approximate surface area is 120 Å². The second-order valence-corrected chi connectivity index (χ2v) is 5.39. The van der Waals surface area contributed by atoms with Crippen LogP contribution in [0.1, 0.15) is 18.4 Å². The molecule has 2 aromatic rings. The van der Waals surface area contributed by atoms with Gasteiger partial charge >= 0.3 is 0 Å². The van der Waals surface area contributed by atoms with Crippen LogP contribution in [0.25, 0.3) is 10.8 Å². The molecule has 2 aromatic carbocycles. The summed E-state index contributed by atoms with van der Waals surface area (Å²) >= 11 is 0. The molecule has 2 heteroatoms. The van der Waals surface area contributed by atoms with Crippen molar-refractivity contribution in [3.63, 3.8) is 0 Å². The number of fused-ring (bicyclic) bond motifs is 1. The molecule has 0 radical (unpaired) electrons. The van der Waals surface area contributed by atoms with E-state index in [1.807, 2.05) is 13.3 Å². The predicted octanol–water partition coefficient (Wildman–Crippen LogP) is 3.66. The fraction of sp³-hybridized carbons (Fsp3) is 0.333. The number of hydrogen-bond donors (Lipinski definition) is 1. The molecule has 0 spiro atoms. The van der Waals surface area contributed by atoms with Gasteiger partial charge < -0.3 is 10.1 Å². The van der Waals surface area contributed by atoms with Crippen molar-refractivity contribution in [2.24, 2.45) is 0 Å². The molecule has 0 amide bonds. The lowest BCUT2D eigenvalue weighted by Crippen LogP contribution is -2.31. The van der Waals surface area contributed by atoms with Crippen molar-refractivity contribution in [2.75, 3.05) is 13.7 Å². The number of nitrogens with one attached hydrogen (secondary N) is 1. The molecule has 0 fully saturated rings. The Bertz CT molecular complexity index is 618. The zero-order valence-corrected chi connectivity index (χ0v) is 11.9. The molecule has 0 bridgehead atoms. The maximum absolute atomic E-state index is 5.47. The van der Waals surface area contributed by atoms with Gasteiger partial charge in [0.2, 0.25) is 0 Å². The Hall–Kier alpha value is -1.80. The van der Waals surface area contributed by atoms with Crippen LogP contribution in [0.4, 0.5) is 0 Å². The number of hydrogen-bond acceptors (Lipinski definition) is 2. The van der Waals surface area contributed by atoms with E-state index in [0.717, 1.165) is 25.9 Å². The molecular formula is C18H21NO. The molecule has 20 heavy (non-hydrogen) atoms. The molecule has 0 saturated heterocycles. The third kappa shape index (κ3) is 2.86. The van der Waals surface area contributed by atoms with Gasteiger partial charge in [0.05, 0.1) is 12.9 Å². The maximum Gasteiger partial charge on any atom is 0.0876 e. The molecule has 3 rings (SSSR count). The summed E-state index contributed by atoms with van der Waals surface area (Å²) in [5.41, 5.74) is 2.75. The average Bonchev–Trinajstić information content (AvgIpc) is 2.53. The first-order chi connectivity index (χ1) is 9.86. The summed E-state index contributed by atoms with van der Waals surface area (Å²) in [6.07, 6.45) is 5.23. The average molecular weight is 267 g/mol. The van der Waals surface area contributed by atoms with Crippen molar-refractivity contribution in [3.05, 3.63) is 59.9 Å². The van der Waals surface area contributed by atoms with Gasteiger partial charge in [0.25, 0.3) is 0 Å². The summed E-state index contributed by atoms with van der Waals surface area (Å²) in [5, 5.41) is 6.04. The van der Waals surface area contributed by atoms with E-state index in [1.54, 1.807) is 0 Å². The number of benzene rings is 2. The van der Waals surface area contributed by atoms with E-state index < -0.39 is 0 Å². The lowest BCUT2D eigenvalue weighted by molar-refractivity contribution is 0.219. The van der Waals surface area contributed by atoms with Crippen LogP contribution < -0.4 is 5.32 Å². The number of rotatable bonds is 4. The highest BCUT2D eigenvalue weighted by atomic mass is 16.5. The van der Waals surface area contributed by atoms with E-state index in [4.69, 9.17) is 4.74 Å². The summed E-state index contributed by atoms with van der Waals surface area (Å²) in [7, 11) is 2.03. The molecule has 2 nitrogen and oxygen atoms in total. The highest BCUT2D eigenvalue weighted by Crippen LogP contribution is 2.21. The summed E-state index contributed by atoms with van der Waals surface area (Å²) in [5.74, 6) is 0. The Kier molecular flexibility index (Phi) is 4.03. The zero-order chi connectivity index (χ0) is 13.8. The molecular weight excluding hydrogens is 246 g/mol. The largest absolute Gasteiger partial charge is 0.501 e. The van der Waals surface area contributed by atoms with Crippen LogP contribution in [0.5, 0.6) is 0 Å². The third-order valence-corrected chi connectivity index (χ3v) is 4.01. The smallest absolute Gasteiger partial charge is 0.0876 e. The van der Waals surface area contributed by atoms with Gasteiger partial charge in [0.15, 0.2) is 0 Å². The van der Waals surface area contributed by atoms with Crippen molar-refractivity contribution in [2.45, 2.75) is 25.3 Å². The fourth-order valence-electron chi connectivity index (χ4n) is 2.86. The van der Waals surface area contributed by atoms with Crippen molar-refractivity contribution >= 4 is 10.8 Å². The number of ether oxygens (including phenoxy) is 1. The quantitative estimate of drug-likeness (QED) is 0.912. The predicted molar refractivity (Wildman–Crippen MR) is 83.8 cm³/mol. The van der Waals surface area contributed by atoms with Crippen molar-refractivity contribution < 1.29 is 4.74 Å². The monoisotopic (exact) mass is 267 g/mol. The SMILES string of the molecule is CNC(Cc1ccc2ccccc2c1)C1=COCCC1. The van der Waals surface area contributed by atoms with Crippen LogP contribution in [0, 0.1) is 0 Å². The first-order valence-electron chi connectivity index (χ1n) is 7.32. The molecule has 1 heterocycles. The van der Waals surface area contributed by atoms with E-state index >= 15 is 0 Å². The summed E-state index contributed by atoms with van der Waals surface area (Å²) < 4.78 is 5.47. The second-order valence-electron chi connectivity index (χ2n) is 5.39. The molecule has 1 N–H and O–H groups in total. The van der Waals surface area contributed by atoms with Gasteiger partial charge in [-0.15, -0.1) is 0 Å². The topological polar surface area (TPSA) is 21.3 Å². The van der Waals surface area contributed by atoms with Gasteiger partial charge in [0.1, 0.15) is 0 Å². The molecule has 1 aliphatic heterocycles. The van der Waals surface area contributed by atoms with Gasteiger partial charge in [-0.3, -0.25) is 0 Å². The van der Waals surface area contributed by atoms with E-state index in [0.29, 0.717) is 6.04 Å². The normalized spacial score (nSPS) is 16.6. The molecule has 0 saturated carbocycles. The molecule has 104 valence electrons. The second kappa shape index (κ2) is 6.10. The molecule has 1 unspecified atom stereocenters. The van der Waals surface area contributed by atoms with Crippen LogP contribution in [0.15, 0.2) is 54.3 Å². The molecule has 1 aliphatic rings. The third-order valence-electron chi connectivity index (χ3n) is 4.01. The molecule has 1 atom stereocenters. The van der Waals surface area contributed by atoms with Gasteiger partial charge in [-0.2, -0.15) is 0 Å². The van der Waals surface area contributed by atoms with Crippen molar-refractivity contribution in [3.8, 4) is 0 Å². The van der Waals surface area contributed by atoms with Gasteiger partial charge in [-0.05, 0) is 48.2 Å². The van der Waals surface area contributed by atoms with Gasteiger partial charge in [-0.25, -0.2) is 0 Å². The Morgan fingerprint density at radius 1 is 1.15 bits per heavy atom. The van der Waals surface area contributed by atoms with Crippen LogP contribution >= 0.6 is 0 Å². The summed E-state index contributed by atoms with van der Waals surface area (Å²) in [4.78, 5) is 0. The van der Waals surface area contributed by atoms with E-state index in [9.17, 15) is 0 Å². The van der Waals surface area contributed by atoms with Crippen molar-refractivity contribution in [1.29, 1.82) is 0 Å². The summed E-state index contributed by atoms with van der Waals surface area (Å²) in [6, 6.07) is 15.6. The van der Waals surface area contributed by atoms with Gasteiger partial charge in [-0.1, -0.05) is 42.5 Å². The molecule has 0 aromatic heterocycles. The molecule has 0 aliphatic carbocycles. The van der Waals surface area contributed by atoms with Crippen LogP contribution in [-0.4, -0.2) is 19.7 Å². The number of likely N-dealkylation sites (N-methyl/N-ethyl adjacent to an activating group) is 1. The van der Waals surface area contributed by atoms with E-state index in [1.165, 1.54) is 21.9 Å². The van der Waals surface area contributed by atoms with Gasteiger partial charge in [0, 0.05) is 6.04 Å².